The Morgan fingerprint density at radius 2 is 2.19 bits per heavy atom. The molecule has 2 heterocycles. The van der Waals surface area contributed by atoms with Crippen LogP contribution in [-0.2, 0) is 22.7 Å². The summed E-state index contributed by atoms with van der Waals surface area (Å²) in [6.45, 7) is 2.13. The lowest BCUT2D eigenvalue weighted by Crippen LogP contribution is -2.53. The topological polar surface area (TPSA) is 111 Å². The summed E-state index contributed by atoms with van der Waals surface area (Å²) in [5.41, 5.74) is -0.00417. The Bertz CT molecular complexity index is 826. The number of ether oxygens (including phenoxy) is 2. The number of nitrogens with one attached hydrogen (secondary N) is 1. The maximum absolute atomic E-state index is 13.1. The maximum Gasteiger partial charge on any atom is 0.325 e. The predicted octanol–water partition coefficient (Wildman–Crippen LogP) is 2.46. The van der Waals surface area contributed by atoms with E-state index < -0.39 is 16.5 Å². The molecule has 1 aliphatic carbocycles. The molecule has 1 aromatic carbocycles. The molecule has 1 spiro atoms. The van der Waals surface area contributed by atoms with Crippen LogP contribution >= 0.6 is 0 Å². The van der Waals surface area contributed by atoms with Crippen molar-refractivity contribution in [3.05, 3.63) is 33.4 Å². The zero-order chi connectivity index (χ0) is 19.2. The van der Waals surface area contributed by atoms with Gasteiger partial charge in [0, 0.05) is 23.3 Å². The van der Waals surface area contributed by atoms with Gasteiger partial charge >= 0.3 is 6.03 Å². The van der Waals surface area contributed by atoms with Crippen molar-refractivity contribution in [2.45, 2.75) is 51.3 Å². The number of carbonyl (C=O) groups is 2. The van der Waals surface area contributed by atoms with Crippen LogP contribution in [0.15, 0.2) is 12.1 Å². The summed E-state index contributed by atoms with van der Waals surface area (Å²) in [6.07, 6.45) is 3.42. The van der Waals surface area contributed by atoms with Crippen molar-refractivity contribution < 1.29 is 24.0 Å². The van der Waals surface area contributed by atoms with Crippen LogP contribution in [0.2, 0.25) is 0 Å². The van der Waals surface area contributed by atoms with Crippen LogP contribution < -0.4 is 10.1 Å². The standard InChI is InChI=1S/C18H21N3O6/c1-11-4-2-3-5-18(11)16(22)20(17(23)19-18)8-12-6-14(21(24)25)7-13-9-26-10-27-15(12)13/h6-7,11H,2-5,8-10H2,1H3,(H,19,23)/t11-,18-/m0/s1. The van der Waals surface area contributed by atoms with Crippen molar-refractivity contribution in [2.24, 2.45) is 5.92 Å². The van der Waals surface area contributed by atoms with Gasteiger partial charge in [-0.1, -0.05) is 19.8 Å². The molecule has 3 amide bonds. The summed E-state index contributed by atoms with van der Waals surface area (Å²) in [7, 11) is 0. The SMILES string of the molecule is C[C@H]1CCCC[C@]12NC(=O)N(Cc1cc([N+](=O)[O-])cc3c1OCOC3)C2=O. The number of amides is 3. The van der Waals surface area contributed by atoms with Gasteiger partial charge in [0.25, 0.3) is 11.6 Å². The number of benzene rings is 1. The Morgan fingerprint density at radius 3 is 2.93 bits per heavy atom. The summed E-state index contributed by atoms with van der Waals surface area (Å²) in [5, 5.41) is 14.1. The summed E-state index contributed by atoms with van der Waals surface area (Å²) in [5.74, 6) is 0.244. The highest BCUT2D eigenvalue weighted by Gasteiger charge is 2.54. The Balaban J connectivity index is 1.68. The number of nitro benzene ring substituents is 1. The van der Waals surface area contributed by atoms with Crippen LogP contribution in [0, 0.1) is 16.0 Å². The molecule has 1 saturated heterocycles. The number of non-ortho nitro benzene ring substituents is 1. The highest BCUT2D eigenvalue weighted by Crippen LogP contribution is 2.40. The number of rotatable bonds is 3. The normalized spacial score (nSPS) is 27.3. The van der Waals surface area contributed by atoms with E-state index in [1.807, 2.05) is 6.92 Å². The highest BCUT2D eigenvalue weighted by atomic mass is 16.7. The molecule has 2 atom stereocenters. The third-order valence-corrected chi connectivity index (χ3v) is 5.81. The van der Waals surface area contributed by atoms with Gasteiger partial charge in [0.15, 0.2) is 6.79 Å². The van der Waals surface area contributed by atoms with E-state index in [-0.39, 0.29) is 37.5 Å². The second-order valence-electron chi connectivity index (χ2n) is 7.40. The number of nitro groups is 1. The smallest absolute Gasteiger partial charge is 0.325 e. The van der Waals surface area contributed by atoms with Crippen LogP contribution in [0.1, 0.15) is 43.7 Å². The first kappa shape index (κ1) is 17.7. The second-order valence-corrected chi connectivity index (χ2v) is 7.40. The predicted molar refractivity (Wildman–Crippen MR) is 92.8 cm³/mol. The monoisotopic (exact) mass is 375 g/mol. The molecule has 2 aliphatic heterocycles. The third kappa shape index (κ3) is 2.82. The van der Waals surface area contributed by atoms with Gasteiger partial charge in [-0.15, -0.1) is 0 Å². The first-order valence-corrected chi connectivity index (χ1v) is 9.07. The first-order chi connectivity index (χ1) is 12.9. The molecule has 1 aromatic rings. The molecule has 0 bridgehead atoms. The quantitative estimate of drug-likeness (QED) is 0.493. The van der Waals surface area contributed by atoms with Gasteiger partial charge in [-0.3, -0.25) is 19.8 Å². The van der Waals surface area contributed by atoms with Crippen LogP contribution in [0.25, 0.3) is 0 Å². The average molecular weight is 375 g/mol. The largest absolute Gasteiger partial charge is 0.467 e. The lowest BCUT2D eigenvalue weighted by molar-refractivity contribution is -0.385. The number of nitrogens with zero attached hydrogens (tertiary/aromatic N) is 2. The summed E-state index contributed by atoms with van der Waals surface area (Å²) in [6, 6.07) is 2.30. The molecule has 2 fully saturated rings. The van der Waals surface area contributed by atoms with Crippen molar-refractivity contribution in [2.75, 3.05) is 6.79 Å². The van der Waals surface area contributed by atoms with Crippen LogP contribution in [0.3, 0.4) is 0 Å². The molecule has 0 radical (unpaired) electrons. The number of hydrogen-bond donors (Lipinski definition) is 1. The average Bonchev–Trinajstić information content (AvgIpc) is 2.89. The van der Waals surface area contributed by atoms with Gasteiger partial charge in [-0.25, -0.2) is 4.79 Å². The van der Waals surface area contributed by atoms with E-state index in [0.29, 0.717) is 23.3 Å². The number of urea groups is 1. The minimum atomic E-state index is -0.861. The Morgan fingerprint density at radius 1 is 1.37 bits per heavy atom. The van der Waals surface area contributed by atoms with Gasteiger partial charge in [0.2, 0.25) is 0 Å². The molecule has 27 heavy (non-hydrogen) atoms. The minimum absolute atomic E-state index is 0.0267. The van der Waals surface area contributed by atoms with Gasteiger partial charge in [-0.05, 0) is 18.8 Å². The molecular formula is C18H21N3O6. The summed E-state index contributed by atoms with van der Waals surface area (Å²) in [4.78, 5) is 37.6. The molecule has 9 heteroatoms. The Hall–Kier alpha value is -2.68. The van der Waals surface area contributed by atoms with E-state index in [2.05, 4.69) is 5.32 Å². The van der Waals surface area contributed by atoms with Gasteiger partial charge in [0.05, 0.1) is 18.1 Å². The molecule has 9 nitrogen and oxygen atoms in total. The van der Waals surface area contributed by atoms with Crippen LogP contribution in [0.5, 0.6) is 5.75 Å². The van der Waals surface area contributed by atoms with Gasteiger partial charge in [-0.2, -0.15) is 0 Å². The van der Waals surface area contributed by atoms with Crippen molar-refractivity contribution in [1.82, 2.24) is 10.2 Å². The van der Waals surface area contributed by atoms with Crippen molar-refractivity contribution in [3.63, 3.8) is 0 Å². The molecule has 4 rings (SSSR count). The van der Waals surface area contributed by atoms with Crippen molar-refractivity contribution in [3.8, 4) is 5.75 Å². The Kier molecular flexibility index (Phi) is 4.26. The third-order valence-electron chi connectivity index (χ3n) is 5.81. The van der Waals surface area contributed by atoms with Gasteiger partial charge < -0.3 is 14.8 Å². The van der Waals surface area contributed by atoms with Crippen LogP contribution in [0.4, 0.5) is 10.5 Å². The van der Waals surface area contributed by atoms with E-state index >= 15 is 0 Å². The fraction of sp³-hybridized carbons (Fsp3) is 0.556. The fourth-order valence-electron chi connectivity index (χ4n) is 4.31. The van der Waals surface area contributed by atoms with E-state index in [1.165, 1.54) is 12.1 Å². The zero-order valence-corrected chi connectivity index (χ0v) is 15.0. The lowest BCUT2D eigenvalue weighted by atomic mass is 9.73. The number of imide groups is 1. The Labute approximate surface area is 155 Å². The first-order valence-electron chi connectivity index (χ1n) is 9.07. The summed E-state index contributed by atoms with van der Waals surface area (Å²) >= 11 is 0. The molecule has 1 saturated carbocycles. The number of carbonyl (C=O) groups excluding carboxylic acids is 2. The second kappa shape index (κ2) is 6.49. The van der Waals surface area contributed by atoms with Crippen LogP contribution in [-0.4, -0.2) is 34.1 Å². The van der Waals surface area contributed by atoms with E-state index in [9.17, 15) is 19.7 Å². The molecule has 1 N–H and O–H groups in total. The highest BCUT2D eigenvalue weighted by molar-refractivity contribution is 6.07. The van der Waals surface area contributed by atoms with E-state index in [4.69, 9.17) is 9.47 Å². The van der Waals surface area contributed by atoms with E-state index in [1.54, 1.807) is 0 Å². The molecule has 3 aliphatic rings. The number of fused-ring (bicyclic) bond motifs is 1. The maximum atomic E-state index is 13.1. The molecular weight excluding hydrogens is 354 g/mol. The number of hydrogen-bond acceptors (Lipinski definition) is 6. The molecule has 0 unspecified atom stereocenters. The fourth-order valence-corrected chi connectivity index (χ4v) is 4.31. The van der Waals surface area contributed by atoms with Crippen molar-refractivity contribution >= 4 is 17.6 Å². The lowest BCUT2D eigenvalue weighted by Gasteiger charge is -2.36. The van der Waals surface area contributed by atoms with Gasteiger partial charge in [0.1, 0.15) is 11.3 Å². The van der Waals surface area contributed by atoms with Crippen molar-refractivity contribution in [1.29, 1.82) is 0 Å². The molecule has 0 aromatic heterocycles. The zero-order valence-electron chi connectivity index (χ0n) is 15.0. The summed E-state index contributed by atoms with van der Waals surface area (Å²) < 4.78 is 10.7. The van der Waals surface area contributed by atoms with E-state index in [0.717, 1.165) is 24.2 Å². The molecule has 144 valence electrons. The minimum Gasteiger partial charge on any atom is -0.467 e.